The molecule has 0 spiro atoms. The highest BCUT2D eigenvalue weighted by Gasteiger charge is 2.58. The summed E-state index contributed by atoms with van der Waals surface area (Å²) >= 11 is 0. The molecule has 0 bridgehead atoms. The molecular formula is C21H30O2. The van der Waals surface area contributed by atoms with E-state index in [9.17, 15) is 4.79 Å². The van der Waals surface area contributed by atoms with Crippen LogP contribution in [0.25, 0.3) is 0 Å². The van der Waals surface area contributed by atoms with Gasteiger partial charge in [0.05, 0.1) is 12.4 Å². The summed E-state index contributed by atoms with van der Waals surface area (Å²) in [5.74, 6) is 3.82. The summed E-state index contributed by atoms with van der Waals surface area (Å²) in [5.41, 5.74) is 1.81. The average molecular weight is 314 g/mol. The lowest BCUT2D eigenvalue weighted by Gasteiger charge is -2.55. The maximum Gasteiger partial charge on any atom is 0.139 e. The van der Waals surface area contributed by atoms with E-state index >= 15 is 0 Å². The van der Waals surface area contributed by atoms with Crippen molar-refractivity contribution in [1.29, 1.82) is 0 Å². The van der Waals surface area contributed by atoms with Gasteiger partial charge >= 0.3 is 0 Å². The van der Waals surface area contributed by atoms with E-state index in [2.05, 4.69) is 32.9 Å². The Kier molecular flexibility index (Phi) is 3.52. The number of carbonyl (C=O) groups is 1. The zero-order valence-electron chi connectivity index (χ0n) is 14.9. The van der Waals surface area contributed by atoms with E-state index in [4.69, 9.17) is 4.74 Å². The van der Waals surface area contributed by atoms with Gasteiger partial charge in [-0.15, -0.1) is 0 Å². The minimum atomic E-state index is -0.0101. The first kappa shape index (κ1) is 15.5. The van der Waals surface area contributed by atoms with Gasteiger partial charge in [-0.3, -0.25) is 4.79 Å². The Morgan fingerprint density at radius 3 is 2.70 bits per heavy atom. The molecule has 23 heavy (non-hydrogen) atoms. The predicted molar refractivity (Wildman–Crippen MR) is 91.8 cm³/mol. The average Bonchev–Trinajstić information content (AvgIpc) is 2.84. The number of ether oxygens (including phenoxy) is 1. The lowest BCUT2D eigenvalue weighted by atomic mass is 9.49. The molecule has 4 aliphatic rings. The summed E-state index contributed by atoms with van der Waals surface area (Å²) in [7, 11) is 0. The number of carbonyl (C=O) groups excluding carboxylic acids is 1. The van der Waals surface area contributed by atoms with Crippen LogP contribution in [-0.4, -0.2) is 12.4 Å². The second-order valence-electron chi connectivity index (χ2n) is 8.65. The van der Waals surface area contributed by atoms with Gasteiger partial charge in [-0.1, -0.05) is 19.9 Å². The molecule has 0 aliphatic heterocycles. The van der Waals surface area contributed by atoms with Crippen LogP contribution in [0.2, 0.25) is 0 Å². The Bertz CT molecular complexity index is 587. The first-order valence-electron chi connectivity index (χ1n) is 9.56. The fraction of sp³-hybridized carbons (Fsp3) is 0.762. The molecule has 0 N–H and O–H groups in total. The summed E-state index contributed by atoms with van der Waals surface area (Å²) in [6, 6.07) is 0. The van der Waals surface area contributed by atoms with Gasteiger partial charge in [0, 0.05) is 18.3 Å². The molecule has 0 saturated heterocycles. The SMILES string of the molecule is CCOC1=CC2=CC[C@@H]3[C@H](CC[C@]4(C)C(=O)CC[C@@H]34)[C@@]2(C)CC1. The zero-order valence-corrected chi connectivity index (χ0v) is 14.9. The predicted octanol–water partition coefficient (Wildman–Crippen LogP) is 5.05. The first-order valence-corrected chi connectivity index (χ1v) is 9.56. The van der Waals surface area contributed by atoms with Crippen LogP contribution in [0.5, 0.6) is 0 Å². The first-order chi connectivity index (χ1) is 11.0. The highest BCUT2D eigenvalue weighted by molar-refractivity contribution is 5.87. The van der Waals surface area contributed by atoms with Crippen molar-refractivity contribution in [3.05, 3.63) is 23.5 Å². The molecule has 2 nitrogen and oxygen atoms in total. The molecule has 0 heterocycles. The number of allylic oxidation sites excluding steroid dienone is 4. The van der Waals surface area contributed by atoms with Gasteiger partial charge in [0.2, 0.25) is 0 Å². The van der Waals surface area contributed by atoms with Crippen molar-refractivity contribution in [3.63, 3.8) is 0 Å². The molecular weight excluding hydrogens is 284 g/mol. The smallest absolute Gasteiger partial charge is 0.139 e. The number of ketones is 1. The van der Waals surface area contributed by atoms with Gasteiger partial charge in [-0.25, -0.2) is 0 Å². The minimum Gasteiger partial charge on any atom is -0.498 e. The second-order valence-corrected chi connectivity index (χ2v) is 8.65. The van der Waals surface area contributed by atoms with Crippen molar-refractivity contribution in [2.45, 2.75) is 65.7 Å². The van der Waals surface area contributed by atoms with Crippen LogP contribution < -0.4 is 0 Å². The van der Waals surface area contributed by atoms with Crippen molar-refractivity contribution >= 4 is 5.78 Å². The lowest BCUT2D eigenvalue weighted by molar-refractivity contribution is -0.131. The third-order valence-electron chi connectivity index (χ3n) is 7.77. The van der Waals surface area contributed by atoms with E-state index < -0.39 is 0 Å². The maximum atomic E-state index is 12.4. The van der Waals surface area contributed by atoms with Crippen LogP contribution in [-0.2, 0) is 9.53 Å². The highest BCUT2D eigenvalue weighted by atomic mass is 16.5. The molecule has 0 aromatic rings. The summed E-state index contributed by atoms with van der Waals surface area (Å²) in [6.45, 7) is 7.58. The number of rotatable bonds is 2. The van der Waals surface area contributed by atoms with Crippen LogP contribution in [0.4, 0.5) is 0 Å². The molecule has 2 heteroatoms. The number of fused-ring (bicyclic) bond motifs is 5. The van der Waals surface area contributed by atoms with Crippen molar-refractivity contribution < 1.29 is 9.53 Å². The van der Waals surface area contributed by atoms with Crippen molar-refractivity contribution in [2.24, 2.45) is 28.6 Å². The van der Waals surface area contributed by atoms with Gasteiger partial charge in [0.25, 0.3) is 0 Å². The number of Topliss-reactive ketones (excluding diaryl/α,β-unsaturated/α-hetero) is 1. The number of hydrogen-bond acceptors (Lipinski definition) is 2. The molecule has 2 fully saturated rings. The molecule has 0 radical (unpaired) electrons. The van der Waals surface area contributed by atoms with Crippen LogP contribution >= 0.6 is 0 Å². The van der Waals surface area contributed by atoms with E-state index in [0.29, 0.717) is 17.1 Å². The molecule has 2 saturated carbocycles. The van der Waals surface area contributed by atoms with E-state index in [1.165, 1.54) is 30.6 Å². The summed E-state index contributed by atoms with van der Waals surface area (Å²) in [6.07, 6.45) is 12.6. The third-order valence-corrected chi connectivity index (χ3v) is 7.77. The zero-order chi connectivity index (χ0) is 16.2. The number of hydrogen-bond donors (Lipinski definition) is 0. The molecule has 126 valence electrons. The largest absolute Gasteiger partial charge is 0.498 e. The fourth-order valence-electron chi connectivity index (χ4n) is 6.37. The maximum absolute atomic E-state index is 12.4. The third kappa shape index (κ3) is 2.09. The van der Waals surface area contributed by atoms with E-state index in [-0.39, 0.29) is 5.41 Å². The Balaban J connectivity index is 1.67. The molecule has 4 aliphatic carbocycles. The van der Waals surface area contributed by atoms with Crippen LogP contribution in [0.3, 0.4) is 0 Å². The minimum absolute atomic E-state index is 0.0101. The Morgan fingerprint density at radius 2 is 1.91 bits per heavy atom. The van der Waals surface area contributed by atoms with Crippen LogP contribution in [0, 0.1) is 28.6 Å². The van der Waals surface area contributed by atoms with Crippen molar-refractivity contribution in [2.75, 3.05) is 6.61 Å². The van der Waals surface area contributed by atoms with Gasteiger partial charge < -0.3 is 4.74 Å². The highest BCUT2D eigenvalue weighted by Crippen LogP contribution is 2.63. The normalized spacial score (nSPS) is 45.5. The molecule has 0 unspecified atom stereocenters. The fourth-order valence-corrected chi connectivity index (χ4v) is 6.37. The Labute approximate surface area is 140 Å². The standard InChI is InChI=1S/C21H30O2/c1-4-23-15-9-11-20(2)14(13-15)5-6-16-17-7-8-19(22)21(17,3)12-10-18(16)20/h5,13,16-18H,4,6-12H2,1-3H3/t16-,17-,18-,20-,21-/m0/s1. The van der Waals surface area contributed by atoms with Gasteiger partial charge in [0.1, 0.15) is 5.78 Å². The van der Waals surface area contributed by atoms with E-state index in [1.807, 2.05) is 0 Å². The quantitative estimate of drug-likeness (QED) is 0.713. The molecule has 4 rings (SSSR count). The molecule has 0 aromatic carbocycles. The van der Waals surface area contributed by atoms with Gasteiger partial charge in [0.15, 0.2) is 0 Å². The van der Waals surface area contributed by atoms with E-state index in [0.717, 1.165) is 44.1 Å². The molecule has 0 aromatic heterocycles. The van der Waals surface area contributed by atoms with E-state index in [1.54, 1.807) is 0 Å². The Hall–Kier alpha value is -1.05. The molecule has 5 atom stereocenters. The second kappa shape index (κ2) is 5.22. The lowest BCUT2D eigenvalue weighted by Crippen LogP contribution is -2.49. The van der Waals surface area contributed by atoms with Crippen LogP contribution in [0.1, 0.15) is 65.7 Å². The van der Waals surface area contributed by atoms with Gasteiger partial charge in [-0.05, 0) is 73.8 Å². The monoisotopic (exact) mass is 314 g/mol. The summed E-state index contributed by atoms with van der Waals surface area (Å²) in [4.78, 5) is 12.4. The van der Waals surface area contributed by atoms with Crippen molar-refractivity contribution in [3.8, 4) is 0 Å². The molecule has 0 amide bonds. The topological polar surface area (TPSA) is 26.3 Å². The van der Waals surface area contributed by atoms with Crippen LogP contribution in [0.15, 0.2) is 23.5 Å². The summed E-state index contributed by atoms with van der Waals surface area (Å²) < 4.78 is 5.79. The van der Waals surface area contributed by atoms with Gasteiger partial charge in [-0.2, -0.15) is 0 Å². The van der Waals surface area contributed by atoms with Crippen molar-refractivity contribution in [1.82, 2.24) is 0 Å². The Morgan fingerprint density at radius 1 is 1.13 bits per heavy atom. The summed E-state index contributed by atoms with van der Waals surface area (Å²) in [5, 5.41) is 0.